The van der Waals surface area contributed by atoms with Crippen molar-refractivity contribution in [2.24, 2.45) is 0 Å². The number of nitrogens with zero attached hydrogens (tertiary/aromatic N) is 1. The lowest BCUT2D eigenvalue weighted by Crippen LogP contribution is -2.19. The summed E-state index contributed by atoms with van der Waals surface area (Å²) >= 11 is 2.84. The van der Waals surface area contributed by atoms with Gasteiger partial charge in [-0.2, -0.15) is 13.2 Å². The van der Waals surface area contributed by atoms with E-state index < -0.39 is 12.8 Å². The monoisotopic (exact) mass is 398 g/mol. The van der Waals surface area contributed by atoms with Crippen LogP contribution in [0.15, 0.2) is 41.8 Å². The lowest BCUT2D eigenvalue weighted by atomic mass is 10.3. The highest BCUT2D eigenvalue weighted by Crippen LogP contribution is 2.31. The molecule has 0 unspecified atom stereocenters. The molecule has 1 amide bonds. The first-order valence-electron chi connectivity index (χ1n) is 7.44. The molecule has 0 aliphatic rings. The summed E-state index contributed by atoms with van der Waals surface area (Å²) < 4.78 is 41.0. The van der Waals surface area contributed by atoms with Crippen molar-refractivity contribution in [1.29, 1.82) is 0 Å². The maximum absolute atomic E-state index is 12.4. The molecule has 0 aliphatic heterocycles. The number of benzene rings is 1. The Balaban J connectivity index is 1.67. The van der Waals surface area contributed by atoms with Gasteiger partial charge in [-0.1, -0.05) is 6.07 Å². The number of alkyl halides is 3. The molecule has 2 heterocycles. The van der Waals surface area contributed by atoms with Crippen molar-refractivity contribution in [2.75, 3.05) is 11.9 Å². The summed E-state index contributed by atoms with van der Waals surface area (Å²) in [5.41, 5.74) is 1.08. The Kier molecular flexibility index (Phi) is 5.28. The van der Waals surface area contributed by atoms with E-state index in [1.165, 1.54) is 35.6 Å². The smallest absolute Gasteiger partial charge is 0.422 e. The van der Waals surface area contributed by atoms with Gasteiger partial charge in [0, 0.05) is 5.69 Å². The van der Waals surface area contributed by atoms with Crippen LogP contribution in [0.3, 0.4) is 0 Å². The fourth-order valence-corrected chi connectivity index (χ4v) is 3.86. The third-order valence-corrected chi connectivity index (χ3v) is 5.44. The van der Waals surface area contributed by atoms with Crippen molar-refractivity contribution in [3.8, 4) is 15.6 Å². The van der Waals surface area contributed by atoms with E-state index in [0.29, 0.717) is 16.3 Å². The second-order valence-electron chi connectivity index (χ2n) is 5.29. The van der Waals surface area contributed by atoms with Crippen LogP contribution in [0.4, 0.5) is 18.9 Å². The first-order valence-corrected chi connectivity index (χ1v) is 9.14. The number of carbonyl (C=O) groups excluding carboxylic acids is 1. The standard InChI is InChI=1S/C17H13F3N2O2S2/c1-10-14(26-16(21-10)13-3-2-8-25-13)15(23)22-11-4-6-12(7-5-11)24-9-17(18,19)20/h2-8H,9H2,1H3,(H,22,23). The zero-order valence-corrected chi connectivity index (χ0v) is 15.1. The van der Waals surface area contributed by atoms with E-state index in [-0.39, 0.29) is 11.7 Å². The van der Waals surface area contributed by atoms with Crippen molar-refractivity contribution >= 4 is 34.3 Å². The highest BCUT2D eigenvalue weighted by Gasteiger charge is 2.28. The minimum absolute atomic E-state index is 0.0780. The average Bonchev–Trinajstić information content (AvgIpc) is 3.23. The summed E-state index contributed by atoms with van der Waals surface area (Å²) in [4.78, 5) is 18.3. The molecule has 3 aromatic rings. The second kappa shape index (κ2) is 7.46. The van der Waals surface area contributed by atoms with E-state index in [1.54, 1.807) is 18.3 Å². The Labute approximate surface area is 155 Å². The molecule has 0 spiro atoms. The number of aryl methyl sites for hydroxylation is 1. The van der Waals surface area contributed by atoms with Gasteiger partial charge in [0.25, 0.3) is 5.91 Å². The van der Waals surface area contributed by atoms with Crippen LogP contribution < -0.4 is 10.1 Å². The van der Waals surface area contributed by atoms with Gasteiger partial charge in [-0.15, -0.1) is 22.7 Å². The summed E-state index contributed by atoms with van der Waals surface area (Å²) in [6.07, 6.45) is -4.39. The molecule has 3 rings (SSSR count). The summed E-state index contributed by atoms with van der Waals surface area (Å²) in [5.74, 6) is -0.235. The zero-order valence-electron chi connectivity index (χ0n) is 13.5. The van der Waals surface area contributed by atoms with Gasteiger partial charge in [-0.25, -0.2) is 4.98 Å². The van der Waals surface area contributed by atoms with Gasteiger partial charge < -0.3 is 10.1 Å². The molecule has 0 atom stereocenters. The maximum Gasteiger partial charge on any atom is 0.422 e. The molecule has 136 valence electrons. The summed E-state index contributed by atoms with van der Waals surface area (Å²) in [7, 11) is 0. The van der Waals surface area contributed by atoms with Crippen LogP contribution in [-0.4, -0.2) is 23.7 Å². The number of ether oxygens (including phenoxy) is 1. The molecule has 4 nitrogen and oxygen atoms in total. The van der Waals surface area contributed by atoms with Gasteiger partial charge >= 0.3 is 6.18 Å². The Bertz CT molecular complexity index is 888. The zero-order chi connectivity index (χ0) is 18.7. The number of rotatable bonds is 5. The normalized spacial score (nSPS) is 11.4. The minimum atomic E-state index is -4.39. The molecule has 0 saturated carbocycles. The molecular weight excluding hydrogens is 385 g/mol. The van der Waals surface area contributed by atoms with Crippen molar-refractivity contribution in [1.82, 2.24) is 4.98 Å². The summed E-state index contributed by atoms with van der Waals surface area (Å²) in [6, 6.07) is 9.57. The number of anilines is 1. The van der Waals surface area contributed by atoms with Crippen LogP contribution in [0.1, 0.15) is 15.4 Å². The van der Waals surface area contributed by atoms with Gasteiger partial charge in [0.15, 0.2) is 6.61 Å². The van der Waals surface area contributed by atoms with E-state index in [9.17, 15) is 18.0 Å². The molecule has 0 radical (unpaired) electrons. The largest absolute Gasteiger partial charge is 0.484 e. The molecule has 9 heteroatoms. The predicted octanol–water partition coefficient (Wildman–Crippen LogP) is 5.37. The third kappa shape index (κ3) is 4.61. The average molecular weight is 398 g/mol. The van der Waals surface area contributed by atoms with E-state index in [2.05, 4.69) is 15.0 Å². The first-order chi connectivity index (χ1) is 12.3. The van der Waals surface area contributed by atoms with Crippen molar-refractivity contribution in [2.45, 2.75) is 13.1 Å². The highest BCUT2D eigenvalue weighted by atomic mass is 32.1. The van der Waals surface area contributed by atoms with Crippen LogP contribution in [-0.2, 0) is 0 Å². The van der Waals surface area contributed by atoms with Gasteiger partial charge in [-0.3, -0.25) is 4.79 Å². The number of aromatic nitrogens is 1. The van der Waals surface area contributed by atoms with E-state index in [0.717, 1.165) is 9.88 Å². The van der Waals surface area contributed by atoms with Crippen molar-refractivity contribution in [3.05, 3.63) is 52.3 Å². The van der Waals surface area contributed by atoms with Crippen LogP contribution in [0.5, 0.6) is 5.75 Å². The summed E-state index contributed by atoms with van der Waals surface area (Å²) in [5, 5.41) is 5.43. The third-order valence-electron chi connectivity index (χ3n) is 3.25. The van der Waals surface area contributed by atoms with Crippen LogP contribution in [0.25, 0.3) is 9.88 Å². The molecule has 2 aromatic heterocycles. The minimum Gasteiger partial charge on any atom is -0.484 e. The van der Waals surface area contributed by atoms with Gasteiger partial charge in [0.1, 0.15) is 15.6 Å². The number of halogens is 3. The summed E-state index contributed by atoms with van der Waals surface area (Å²) in [6.45, 7) is 0.404. The number of thiophene rings is 1. The number of thiazole rings is 1. The lowest BCUT2D eigenvalue weighted by Gasteiger charge is -2.10. The number of nitrogens with one attached hydrogen (secondary N) is 1. The molecule has 0 fully saturated rings. The number of amides is 1. The van der Waals surface area contributed by atoms with E-state index in [4.69, 9.17) is 0 Å². The van der Waals surface area contributed by atoms with E-state index >= 15 is 0 Å². The number of hydrogen-bond acceptors (Lipinski definition) is 5. The molecule has 1 N–H and O–H groups in total. The Morgan fingerprint density at radius 1 is 1.23 bits per heavy atom. The molecule has 26 heavy (non-hydrogen) atoms. The Morgan fingerprint density at radius 3 is 2.58 bits per heavy atom. The van der Waals surface area contributed by atoms with Gasteiger partial charge in [0.2, 0.25) is 0 Å². The SMILES string of the molecule is Cc1nc(-c2cccs2)sc1C(=O)Nc1ccc(OCC(F)(F)F)cc1. The predicted molar refractivity (Wildman–Crippen MR) is 96.1 cm³/mol. The fraction of sp³-hybridized carbons (Fsp3) is 0.176. The lowest BCUT2D eigenvalue weighted by molar-refractivity contribution is -0.153. The molecule has 0 aliphatic carbocycles. The topological polar surface area (TPSA) is 51.2 Å². The highest BCUT2D eigenvalue weighted by molar-refractivity contribution is 7.22. The quantitative estimate of drug-likeness (QED) is 0.628. The van der Waals surface area contributed by atoms with Gasteiger partial charge in [0.05, 0.1) is 10.6 Å². The van der Waals surface area contributed by atoms with E-state index in [1.807, 2.05) is 17.5 Å². The van der Waals surface area contributed by atoms with Gasteiger partial charge in [-0.05, 0) is 42.6 Å². The van der Waals surface area contributed by atoms with Crippen molar-refractivity contribution in [3.63, 3.8) is 0 Å². The van der Waals surface area contributed by atoms with Crippen LogP contribution >= 0.6 is 22.7 Å². The molecule has 1 aromatic carbocycles. The molecule has 0 bridgehead atoms. The van der Waals surface area contributed by atoms with Crippen LogP contribution in [0.2, 0.25) is 0 Å². The first kappa shape index (κ1) is 18.4. The Hall–Kier alpha value is -2.39. The molecular formula is C17H13F3N2O2S2. The number of hydrogen-bond donors (Lipinski definition) is 1. The maximum atomic E-state index is 12.4. The second-order valence-corrected chi connectivity index (χ2v) is 7.24. The van der Waals surface area contributed by atoms with Crippen LogP contribution in [0, 0.1) is 6.92 Å². The molecule has 0 saturated heterocycles. The Morgan fingerprint density at radius 2 is 1.96 bits per heavy atom. The number of carbonyl (C=O) groups is 1. The fourth-order valence-electron chi connectivity index (χ4n) is 2.10. The van der Waals surface area contributed by atoms with Crippen molar-refractivity contribution < 1.29 is 22.7 Å².